The molecular weight excluding hydrogens is 464 g/mol. The Morgan fingerprint density at radius 1 is 1.20 bits per heavy atom. The maximum atomic E-state index is 13.4. The normalized spacial score (nSPS) is 17.5. The van der Waals surface area contributed by atoms with Crippen LogP contribution in [0.1, 0.15) is 90.2 Å². The summed E-state index contributed by atoms with van der Waals surface area (Å²) in [5, 5.41) is 0.563. The zero-order chi connectivity index (χ0) is 26.3. The quantitative estimate of drug-likeness (QED) is 0.617. The smallest absolute Gasteiger partial charge is 0.410 e. The number of nitrogens with one attached hydrogen (secondary N) is 1. The van der Waals surface area contributed by atoms with Crippen molar-refractivity contribution >= 4 is 28.4 Å². The lowest BCUT2D eigenvalue weighted by atomic mass is 9.95. The van der Waals surface area contributed by atoms with Crippen LogP contribution in [0.25, 0.3) is 10.9 Å². The highest BCUT2D eigenvalue weighted by atomic mass is 32.2. The van der Waals surface area contributed by atoms with Crippen LogP contribution in [0.2, 0.25) is 0 Å². The number of carbonyl (C=O) groups excluding carboxylic acids is 1. The van der Waals surface area contributed by atoms with E-state index < -0.39 is 21.7 Å². The average Bonchev–Trinajstić information content (AvgIpc) is 2.74. The van der Waals surface area contributed by atoms with Gasteiger partial charge in [0.2, 0.25) is 0 Å². The van der Waals surface area contributed by atoms with Crippen LogP contribution in [-0.2, 0) is 23.1 Å². The van der Waals surface area contributed by atoms with Gasteiger partial charge in [-0.2, -0.15) is 0 Å². The fourth-order valence-corrected chi connectivity index (χ4v) is 5.11. The van der Waals surface area contributed by atoms with E-state index in [0.29, 0.717) is 36.8 Å². The highest BCUT2D eigenvalue weighted by Crippen LogP contribution is 2.30. The third kappa shape index (κ3) is 6.37. The van der Waals surface area contributed by atoms with Gasteiger partial charge in [-0.25, -0.2) is 9.78 Å². The fraction of sp³-hybridized carbons (Fsp3) is 0.654. The topological polar surface area (TPSA) is 99.5 Å². The molecule has 1 amide bonds. The first kappa shape index (κ1) is 27.5. The second-order valence-corrected chi connectivity index (χ2v) is 13.5. The minimum absolute atomic E-state index is 0.0527. The SMILES string of the molecule is Cc1cc(C(C)N[S+]([O-])C(C)(C)C)c2nc(C3CCN(C(=O)OC(C)(C)C)CC3)n(C)c(=O)c2c1. The van der Waals surface area contributed by atoms with E-state index in [9.17, 15) is 14.1 Å². The van der Waals surface area contributed by atoms with E-state index in [1.807, 2.05) is 67.5 Å². The summed E-state index contributed by atoms with van der Waals surface area (Å²) in [6.45, 7) is 16.4. The van der Waals surface area contributed by atoms with Gasteiger partial charge in [0.15, 0.2) is 0 Å². The van der Waals surface area contributed by atoms with Crippen molar-refractivity contribution in [2.24, 2.45) is 7.05 Å². The molecule has 3 rings (SSSR count). The van der Waals surface area contributed by atoms with Gasteiger partial charge in [-0.05, 0) is 79.9 Å². The zero-order valence-electron chi connectivity index (χ0n) is 22.5. The summed E-state index contributed by atoms with van der Waals surface area (Å²) >= 11 is -1.26. The first-order chi connectivity index (χ1) is 16.1. The predicted molar refractivity (Wildman–Crippen MR) is 141 cm³/mol. The molecule has 0 spiro atoms. The molecule has 194 valence electrons. The molecule has 35 heavy (non-hydrogen) atoms. The van der Waals surface area contributed by atoms with Crippen molar-refractivity contribution in [2.45, 2.75) is 90.5 Å². The Bertz CT molecular complexity index is 1140. The molecule has 8 nitrogen and oxygen atoms in total. The van der Waals surface area contributed by atoms with Gasteiger partial charge in [0, 0.05) is 43.0 Å². The lowest BCUT2D eigenvalue weighted by molar-refractivity contribution is 0.0202. The Kier molecular flexibility index (Phi) is 7.94. The Morgan fingerprint density at radius 3 is 2.34 bits per heavy atom. The van der Waals surface area contributed by atoms with Crippen LogP contribution in [0.5, 0.6) is 0 Å². The molecule has 1 N–H and O–H groups in total. The van der Waals surface area contributed by atoms with Gasteiger partial charge < -0.3 is 14.2 Å². The summed E-state index contributed by atoms with van der Waals surface area (Å²) in [7, 11) is 1.77. The fourth-order valence-electron chi connectivity index (χ4n) is 4.31. The van der Waals surface area contributed by atoms with E-state index in [1.54, 1.807) is 16.5 Å². The second-order valence-electron chi connectivity index (χ2n) is 11.5. The van der Waals surface area contributed by atoms with Crippen LogP contribution >= 0.6 is 0 Å². The summed E-state index contributed by atoms with van der Waals surface area (Å²) in [5.74, 6) is 0.775. The van der Waals surface area contributed by atoms with Crippen molar-refractivity contribution < 1.29 is 14.1 Å². The maximum absolute atomic E-state index is 13.4. The lowest BCUT2D eigenvalue weighted by Gasteiger charge is -2.33. The monoisotopic (exact) mass is 504 g/mol. The average molecular weight is 505 g/mol. The molecule has 1 aromatic carbocycles. The molecule has 0 radical (unpaired) electrons. The lowest BCUT2D eigenvalue weighted by Crippen LogP contribution is -2.42. The summed E-state index contributed by atoms with van der Waals surface area (Å²) in [6, 6.07) is 3.64. The van der Waals surface area contributed by atoms with Crippen molar-refractivity contribution in [1.29, 1.82) is 0 Å². The van der Waals surface area contributed by atoms with Crippen molar-refractivity contribution in [2.75, 3.05) is 13.1 Å². The van der Waals surface area contributed by atoms with Gasteiger partial charge in [-0.1, -0.05) is 6.07 Å². The second kappa shape index (κ2) is 10.1. The molecule has 1 saturated heterocycles. The molecule has 0 aliphatic carbocycles. The molecule has 0 bridgehead atoms. The number of fused-ring (bicyclic) bond motifs is 1. The largest absolute Gasteiger partial charge is 0.598 e. The molecule has 0 saturated carbocycles. The van der Waals surface area contributed by atoms with E-state index in [-0.39, 0.29) is 23.6 Å². The van der Waals surface area contributed by atoms with Gasteiger partial charge in [0.05, 0.1) is 16.9 Å². The van der Waals surface area contributed by atoms with Gasteiger partial charge >= 0.3 is 6.09 Å². The predicted octanol–water partition coefficient (Wildman–Crippen LogP) is 4.47. The van der Waals surface area contributed by atoms with Crippen molar-refractivity contribution in [3.63, 3.8) is 0 Å². The Labute approximate surface area is 211 Å². The van der Waals surface area contributed by atoms with E-state index in [2.05, 4.69) is 4.72 Å². The van der Waals surface area contributed by atoms with E-state index in [0.717, 1.165) is 17.0 Å². The number of piperidine rings is 1. The minimum Gasteiger partial charge on any atom is -0.598 e. The third-order valence-corrected chi connectivity index (χ3v) is 7.89. The molecule has 2 aromatic rings. The standard InChI is InChI=1S/C26H40N4O4S/c1-16-14-19(17(2)28-35(33)26(6,7)8)21-20(15-16)23(31)29(9)22(27-21)18-10-12-30(13-11-18)24(32)34-25(3,4)5/h14-15,17-18,28H,10-13H2,1-9H3. The number of hydrogen-bond donors (Lipinski definition) is 1. The van der Waals surface area contributed by atoms with Crippen LogP contribution in [0.3, 0.4) is 0 Å². The van der Waals surface area contributed by atoms with Gasteiger partial charge in [0.1, 0.15) is 16.2 Å². The molecular formula is C26H40N4O4S. The number of hydrogen-bond acceptors (Lipinski definition) is 6. The molecule has 1 aliphatic rings. The van der Waals surface area contributed by atoms with Gasteiger partial charge in [-0.3, -0.25) is 9.36 Å². The highest BCUT2D eigenvalue weighted by molar-refractivity contribution is 7.90. The van der Waals surface area contributed by atoms with E-state index in [1.165, 1.54) is 0 Å². The van der Waals surface area contributed by atoms with E-state index >= 15 is 0 Å². The molecule has 1 aromatic heterocycles. The number of likely N-dealkylation sites (tertiary alicyclic amines) is 1. The zero-order valence-corrected chi connectivity index (χ0v) is 23.3. The number of nitrogens with zero attached hydrogens (tertiary/aromatic N) is 3. The summed E-state index contributed by atoms with van der Waals surface area (Å²) in [5.41, 5.74) is 1.85. The number of ether oxygens (including phenoxy) is 1. The number of carbonyl (C=O) groups is 1. The van der Waals surface area contributed by atoms with Crippen LogP contribution < -0.4 is 10.3 Å². The van der Waals surface area contributed by atoms with Gasteiger partial charge in [-0.15, -0.1) is 4.72 Å². The minimum atomic E-state index is -1.26. The Hall–Kier alpha value is -2.10. The Balaban J connectivity index is 1.93. The van der Waals surface area contributed by atoms with Crippen LogP contribution in [0.4, 0.5) is 4.79 Å². The van der Waals surface area contributed by atoms with Gasteiger partial charge in [0.25, 0.3) is 5.56 Å². The van der Waals surface area contributed by atoms with Crippen molar-refractivity contribution in [3.8, 4) is 0 Å². The number of aryl methyl sites for hydroxylation is 1. The summed E-state index contributed by atoms with van der Waals surface area (Å²) < 4.78 is 22.7. The number of amides is 1. The van der Waals surface area contributed by atoms with Crippen LogP contribution in [0, 0.1) is 6.92 Å². The molecule has 9 heteroatoms. The summed E-state index contributed by atoms with van der Waals surface area (Å²) in [6.07, 6.45) is 1.10. The van der Waals surface area contributed by atoms with E-state index in [4.69, 9.17) is 9.72 Å². The molecule has 1 fully saturated rings. The molecule has 2 unspecified atom stereocenters. The van der Waals surface area contributed by atoms with Crippen LogP contribution in [-0.4, -0.2) is 48.5 Å². The van der Waals surface area contributed by atoms with Crippen molar-refractivity contribution in [1.82, 2.24) is 19.2 Å². The highest BCUT2D eigenvalue weighted by Gasteiger charge is 2.31. The first-order valence-corrected chi connectivity index (χ1v) is 13.4. The number of rotatable bonds is 4. The Morgan fingerprint density at radius 2 is 1.80 bits per heavy atom. The number of benzene rings is 1. The molecule has 1 aliphatic heterocycles. The van der Waals surface area contributed by atoms with Crippen LogP contribution in [0.15, 0.2) is 16.9 Å². The number of aromatic nitrogens is 2. The third-order valence-electron chi connectivity index (χ3n) is 6.21. The first-order valence-electron chi connectivity index (χ1n) is 12.3. The van der Waals surface area contributed by atoms with Crippen molar-refractivity contribution in [3.05, 3.63) is 39.4 Å². The maximum Gasteiger partial charge on any atom is 0.410 e. The molecule has 2 heterocycles. The molecule has 2 atom stereocenters. The summed E-state index contributed by atoms with van der Waals surface area (Å²) in [4.78, 5) is 32.6.